The van der Waals surface area contributed by atoms with Crippen molar-refractivity contribution < 1.29 is 9.47 Å². The van der Waals surface area contributed by atoms with Crippen molar-refractivity contribution in [1.29, 1.82) is 0 Å². The third-order valence-electron chi connectivity index (χ3n) is 1.91. The van der Waals surface area contributed by atoms with Gasteiger partial charge in [0.2, 0.25) is 0 Å². The monoisotopic (exact) mass is 199 g/mol. The summed E-state index contributed by atoms with van der Waals surface area (Å²) in [5, 5.41) is 0.411. The highest BCUT2D eigenvalue weighted by Gasteiger charge is 2.18. The van der Waals surface area contributed by atoms with E-state index in [0.717, 1.165) is 13.0 Å². The first kappa shape index (κ1) is 8.78. The lowest BCUT2D eigenvalue weighted by atomic mass is 10.3. The SMILES string of the molecule is Clc1ncccc1OC1CCOC1. The van der Waals surface area contributed by atoms with E-state index in [4.69, 9.17) is 21.1 Å². The van der Waals surface area contributed by atoms with Crippen molar-refractivity contribution in [2.75, 3.05) is 13.2 Å². The van der Waals surface area contributed by atoms with Gasteiger partial charge in [0.1, 0.15) is 6.10 Å². The molecule has 0 N–H and O–H groups in total. The van der Waals surface area contributed by atoms with Crippen molar-refractivity contribution in [3.8, 4) is 5.75 Å². The first-order valence-corrected chi connectivity index (χ1v) is 4.59. The average Bonchev–Trinajstić information content (AvgIpc) is 2.61. The van der Waals surface area contributed by atoms with Crippen molar-refractivity contribution in [2.24, 2.45) is 0 Å². The Bertz CT molecular complexity index is 287. The number of rotatable bonds is 2. The van der Waals surface area contributed by atoms with Crippen LogP contribution >= 0.6 is 11.6 Å². The molecule has 70 valence electrons. The molecule has 2 rings (SSSR count). The van der Waals surface area contributed by atoms with E-state index >= 15 is 0 Å². The summed E-state index contributed by atoms with van der Waals surface area (Å²) in [4.78, 5) is 3.92. The second-order valence-electron chi connectivity index (χ2n) is 2.90. The minimum absolute atomic E-state index is 0.127. The minimum Gasteiger partial charge on any atom is -0.485 e. The summed E-state index contributed by atoms with van der Waals surface area (Å²) in [5.41, 5.74) is 0. The highest BCUT2D eigenvalue weighted by atomic mass is 35.5. The summed E-state index contributed by atoms with van der Waals surface area (Å²) >= 11 is 5.83. The minimum atomic E-state index is 0.127. The Hall–Kier alpha value is -0.800. The zero-order valence-electron chi connectivity index (χ0n) is 7.07. The van der Waals surface area contributed by atoms with Crippen LogP contribution in [0.3, 0.4) is 0 Å². The summed E-state index contributed by atoms with van der Waals surface area (Å²) in [6, 6.07) is 3.62. The molecule has 4 heteroatoms. The lowest BCUT2D eigenvalue weighted by Gasteiger charge is -2.11. The smallest absolute Gasteiger partial charge is 0.171 e. The van der Waals surface area contributed by atoms with E-state index in [-0.39, 0.29) is 6.10 Å². The van der Waals surface area contributed by atoms with E-state index in [9.17, 15) is 0 Å². The van der Waals surface area contributed by atoms with Gasteiger partial charge >= 0.3 is 0 Å². The summed E-state index contributed by atoms with van der Waals surface area (Å²) in [5.74, 6) is 0.639. The van der Waals surface area contributed by atoms with Gasteiger partial charge in [-0.15, -0.1) is 0 Å². The maximum atomic E-state index is 5.83. The molecule has 1 aliphatic rings. The van der Waals surface area contributed by atoms with Gasteiger partial charge in [-0.1, -0.05) is 11.6 Å². The number of hydrogen-bond donors (Lipinski definition) is 0. The molecule has 0 amide bonds. The van der Waals surface area contributed by atoms with Crippen LogP contribution in [0.2, 0.25) is 5.15 Å². The Morgan fingerprint density at radius 2 is 2.54 bits per heavy atom. The topological polar surface area (TPSA) is 31.4 Å². The number of pyridine rings is 1. The average molecular weight is 200 g/mol. The number of hydrogen-bond acceptors (Lipinski definition) is 3. The van der Waals surface area contributed by atoms with Crippen molar-refractivity contribution in [3.63, 3.8) is 0 Å². The van der Waals surface area contributed by atoms with Crippen LogP contribution < -0.4 is 4.74 Å². The number of nitrogens with zero attached hydrogens (tertiary/aromatic N) is 1. The molecular weight excluding hydrogens is 190 g/mol. The molecule has 2 heterocycles. The molecule has 0 aliphatic carbocycles. The maximum Gasteiger partial charge on any atom is 0.171 e. The largest absolute Gasteiger partial charge is 0.485 e. The Morgan fingerprint density at radius 3 is 3.23 bits per heavy atom. The molecule has 1 aromatic heterocycles. The second kappa shape index (κ2) is 3.94. The van der Waals surface area contributed by atoms with Gasteiger partial charge in [0, 0.05) is 12.6 Å². The molecule has 0 radical (unpaired) electrons. The molecule has 0 aromatic carbocycles. The fraction of sp³-hybridized carbons (Fsp3) is 0.444. The van der Waals surface area contributed by atoms with Crippen molar-refractivity contribution in [1.82, 2.24) is 4.98 Å². The van der Waals surface area contributed by atoms with Crippen LogP contribution in [0.15, 0.2) is 18.3 Å². The summed E-state index contributed by atoms with van der Waals surface area (Å²) in [7, 11) is 0. The van der Waals surface area contributed by atoms with Crippen LogP contribution in [0.1, 0.15) is 6.42 Å². The van der Waals surface area contributed by atoms with E-state index in [1.165, 1.54) is 0 Å². The van der Waals surface area contributed by atoms with E-state index in [1.54, 1.807) is 12.3 Å². The third kappa shape index (κ3) is 2.11. The molecule has 1 saturated heterocycles. The van der Waals surface area contributed by atoms with Gasteiger partial charge in [0.05, 0.1) is 13.2 Å². The van der Waals surface area contributed by atoms with E-state index < -0.39 is 0 Å². The van der Waals surface area contributed by atoms with Gasteiger partial charge in [-0.05, 0) is 12.1 Å². The summed E-state index contributed by atoms with van der Waals surface area (Å²) < 4.78 is 10.8. The van der Waals surface area contributed by atoms with Crippen molar-refractivity contribution in [2.45, 2.75) is 12.5 Å². The molecule has 1 aliphatic heterocycles. The van der Waals surface area contributed by atoms with Crippen LogP contribution in [0, 0.1) is 0 Å². The summed E-state index contributed by atoms with van der Waals surface area (Å²) in [6.07, 6.45) is 2.69. The van der Waals surface area contributed by atoms with Gasteiger partial charge in [-0.3, -0.25) is 0 Å². The molecular formula is C9H10ClNO2. The van der Waals surface area contributed by atoms with Gasteiger partial charge in [-0.2, -0.15) is 0 Å². The maximum absolute atomic E-state index is 5.83. The van der Waals surface area contributed by atoms with Crippen molar-refractivity contribution >= 4 is 11.6 Å². The fourth-order valence-electron chi connectivity index (χ4n) is 1.24. The molecule has 3 nitrogen and oxygen atoms in total. The van der Waals surface area contributed by atoms with Crippen LogP contribution in [-0.4, -0.2) is 24.3 Å². The van der Waals surface area contributed by atoms with Crippen LogP contribution in [0.5, 0.6) is 5.75 Å². The zero-order valence-corrected chi connectivity index (χ0v) is 7.83. The molecule has 1 atom stereocenters. The van der Waals surface area contributed by atoms with Crippen molar-refractivity contribution in [3.05, 3.63) is 23.5 Å². The second-order valence-corrected chi connectivity index (χ2v) is 3.25. The summed E-state index contributed by atoms with van der Waals surface area (Å²) in [6.45, 7) is 1.41. The van der Waals surface area contributed by atoms with Gasteiger partial charge in [0.15, 0.2) is 10.9 Å². The Morgan fingerprint density at radius 1 is 1.62 bits per heavy atom. The third-order valence-corrected chi connectivity index (χ3v) is 2.19. The van der Waals surface area contributed by atoms with Gasteiger partial charge in [0.25, 0.3) is 0 Å². The van der Waals surface area contributed by atoms with E-state index in [2.05, 4.69) is 4.98 Å². The first-order valence-electron chi connectivity index (χ1n) is 4.21. The molecule has 1 unspecified atom stereocenters. The molecule has 0 bridgehead atoms. The number of ether oxygens (including phenoxy) is 2. The lowest BCUT2D eigenvalue weighted by Crippen LogP contribution is -2.15. The lowest BCUT2D eigenvalue weighted by molar-refractivity contribution is 0.141. The highest BCUT2D eigenvalue weighted by molar-refractivity contribution is 6.30. The Labute approximate surface area is 81.6 Å². The quantitative estimate of drug-likeness (QED) is 0.682. The molecule has 13 heavy (non-hydrogen) atoms. The van der Waals surface area contributed by atoms with Crippen LogP contribution in [0.4, 0.5) is 0 Å². The normalized spacial score (nSPS) is 21.8. The van der Waals surface area contributed by atoms with Gasteiger partial charge < -0.3 is 9.47 Å². The first-order chi connectivity index (χ1) is 6.36. The van der Waals surface area contributed by atoms with Crippen LogP contribution in [-0.2, 0) is 4.74 Å². The fourth-order valence-corrected chi connectivity index (χ4v) is 1.41. The van der Waals surface area contributed by atoms with Gasteiger partial charge in [-0.25, -0.2) is 4.98 Å². The molecule has 1 fully saturated rings. The Balaban J connectivity index is 2.04. The highest BCUT2D eigenvalue weighted by Crippen LogP contribution is 2.23. The molecule has 0 saturated carbocycles. The van der Waals surface area contributed by atoms with E-state index in [0.29, 0.717) is 17.5 Å². The number of halogens is 1. The zero-order chi connectivity index (χ0) is 9.10. The predicted octanol–water partition coefficient (Wildman–Crippen LogP) is 1.90. The predicted molar refractivity (Wildman–Crippen MR) is 49.1 cm³/mol. The van der Waals surface area contributed by atoms with Crippen LogP contribution in [0.25, 0.3) is 0 Å². The standard InChI is InChI=1S/C9H10ClNO2/c10-9-8(2-1-4-11-9)13-7-3-5-12-6-7/h1-2,4,7H,3,5-6H2. The molecule has 1 aromatic rings. The van der Waals surface area contributed by atoms with E-state index in [1.807, 2.05) is 6.07 Å². The Kier molecular flexibility index (Phi) is 2.66. The molecule has 0 spiro atoms. The number of aromatic nitrogens is 1.